The van der Waals surface area contributed by atoms with Crippen LogP contribution in [-0.2, 0) is 9.47 Å². The molecule has 1 aromatic rings. The molecule has 1 aliphatic carbocycles. The van der Waals surface area contributed by atoms with E-state index >= 15 is 0 Å². The van der Waals surface area contributed by atoms with Gasteiger partial charge in [0.2, 0.25) is 17.1 Å². The monoisotopic (exact) mass is 430 g/mol. The third-order valence-electron chi connectivity index (χ3n) is 7.79. The molecular formula is C26H30N4O2. The van der Waals surface area contributed by atoms with Gasteiger partial charge < -0.3 is 9.47 Å². The van der Waals surface area contributed by atoms with Crippen molar-refractivity contribution in [1.82, 2.24) is 0 Å². The number of nitrogens with zero attached hydrogens (tertiary/aromatic N) is 3. The van der Waals surface area contributed by atoms with Crippen molar-refractivity contribution < 1.29 is 9.47 Å². The van der Waals surface area contributed by atoms with Crippen LogP contribution in [0.5, 0.6) is 0 Å². The molecule has 6 heteroatoms. The summed E-state index contributed by atoms with van der Waals surface area (Å²) in [4.78, 5) is 0. The van der Waals surface area contributed by atoms with Gasteiger partial charge in [-0.3, -0.25) is 5.41 Å². The average Bonchev–Trinajstić information content (AvgIpc) is 2.97. The first kappa shape index (κ1) is 22.3. The van der Waals surface area contributed by atoms with E-state index in [-0.39, 0.29) is 5.90 Å². The highest BCUT2D eigenvalue weighted by Gasteiger charge is 2.79. The number of benzene rings is 1. The molecule has 2 saturated heterocycles. The van der Waals surface area contributed by atoms with Gasteiger partial charge >= 0.3 is 0 Å². The van der Waals surface area contributed by atoms with Gasteiger partial charge in [0.15, 0.2) is 5.41 Å². The molecule has 6 nitrogen and oxygen atoms in total. The van der Waals surface area contributed by atoms with Crippen LogP contribution < -0.4 is 0 Å². The van der Waals surface area contributed by atoms with E-state index in [1.807, 2.05) is 31.2 Å². The molecule has 4 atom stereocenters. The van der Waals surface area contributed by atoms with Crippen LogP contribution in [0.3, 0.4) is 0 Å². The van der Waals surface area contributed by atoms with Crippen molar-refractivity contribution in [2.45, 2.75) is 83.0 Å². The predicted octanol–water partition coefficient (Wildman–Crippen LogP) is 5.84. The number of nitriles is 3. The van der Waals surface area contributed by atoms with Gasteiger partial charge in [-0.2, -0.15) is 15.8 Å². The Bertz CT molecular complexity index is 1000. The molecule has 2 heterocycles. The van der Waals surface area contributed by atoms with Crippen LogP contribution in [0.15, 0.2) is 24.3 Å². The number of hydrogen-bond acceptors (Lipinski definition) is 6. The quantitative estimate of drug-likeness (QED) is 0.601. The van der Waals surface area contributed by atoms with E-state index < -0.39 is 28.6 Å². The average molecular weight is 431 g/mol. The molecule has 4 unspecified atom stereocenters. The lowest BCUT2D eigenvalue weighted by Gasteiger charge is -2.50. The highest BCUT2D eigenvalue weighted by Crippen LogP contribution is 2.68. The SMILES string of the molecule is Cc1ccccc1C1OC23CCCCCCCCCCC2C(C#N)(C(=N)O3)C1(C#N)C#N. The van der Waals surface area contributed by atoms with E-state index in [9.17, 15) is 15.8 Å². The number of aryl methyl sites for hydroxylation is 1. The maximum atomic E-state index is 10.6. The number of ether oxygens (including phenoxy) is 2. The zero-order valence-corrected chi connectivity index (χ0v) is 18.7. The van der Waals surface area contributed by atoms with Gasteiger partial charge in [0, 0.05) is 6.42 Å². The van der Waals surface area contributed by atoms with Crippen molar-refractivity contribution in [3.05, 3.63) is 35.4 Å². The lowest BCUT2D eigenvalue weighted by molar-refractivity contribution is -0.288. The second-order valence-electron chi connectivity index (χ2n) is 9.47. The van der Waals surface area contributed by atoms with E-state index in [0.29, 0.717) is 18.4 Å². The summed E-state index contributed by atoms with van der Waals surface area (Å²) in [5.41, 5.74) is -1.94. The lowest BCUT2D eigenvalue weighted by atomic mass is 9.52. The van der Waals surface area contributed by atoms with Crippen molar-refractivity contribution in [2.24, 2.45) is 16.7 Å². The maximum Gasteiger partial charge on any atom is 0.217 e. The molecule has 2 aliphatic heterocycles. The molecule has 166 valence electrons. The first-order chi connectivity index (χ1) is 15.5. The summed E-state index contributed by atoms with van der Waals surface area (Å²) in [5.74, 6) is -1.96. The Morgan fingerprint density at radius 2 is 1.53 bits per heavy atom. The zero-order chi connectivity index (χ0) is 22.8. The molecule has 0 radical (unpaired) electrons. The van der Waals surface area contributed by atoms with Crippen LogP contribution in [0.4, 0.5) is 0 Å². The van der Waals surface area contributed by atoms with Crippen LogP contribution in [0.2, 0.25) is 0 Å². The summed E-state index contributed by atoms with van der Waals surface area (Å²) in [7, 11) is 0. The Morgan fingerprint density at radius 1 is 0.906 bits per heavy atom. The standard InChI is InChI=1S/C26H30N4O2/c1-19-12-9-10-13-20(19)22-24(16-27,17-28)25(18-29)21-14-8-6-4-2-3-5-7-11-15-26(21,31-22)32-23(25)30/h9-10,12-13,21-22,30H,2-8,11,14-15H2,1H3. The normalized spacial score (nSPS) is 34.4. The third-order valence-corrected chi connectivity index (χ3v) is 7.79. The van der Waals surface area contributed by atoms with Gasteiger partial charge in [0.25, 0.3) is 0 Å². The van der Waals surface area contributed by atoms with Gasteiger partial charge in [-0.1, -0.05) is 69.2 Å². The van der Waals surface area contributed by atoms with E-state index in [4.69, 9.17) is 14.9 Å². The minimum atomic E-state index is -1.87. The smallest absolute Gasteiger partial charge is 0.217 e. The Balaban J connectivity index is 1.91. The minimum Gasteiger partial charge on any atom is -0.447 e. The van der Waals surface area contributed by atoms with Crippen LogP contribution >= 0.6 is 0 Å². The van der Waals surface area contributed by atoms with Crippen LogP contribution in [0, 0.1) is 63.1 Å². The molecule has 1 saturated carbocycles. The maximum absolute atomic E-state index is 10.6. The topological polar surface area (TPSA) is 114 Å². The van der Waals surface area contributed by atoms with Gasteiger partial charge in [-0.15, -0.1) is 0 Å². The minimum absolute atomic E-state index is 0.279. The van der Waals surface area contributed by atoms with Crippen molar-refractivity contribution in [3.63, 3.8) is 0 Å². The van der Waals surface area contributed by atoms with E-state index in [1.165, 1.54) is 12.8 Å². The summed E-state index contributed by atoms with van der Waals surface area (Å²) in [6.45, 7) is 1.91. The van der Waals surface area contributed by atoms with E-state index in [0.717, 1.165) is 44.1 Å². The first-order valence-electron chi connectivity index (χ1n) is 11.8. The summed E-state index contributed by atoms with van der Waals surface area (Å²) in [5, 5.41) is 40.2. The Labute approximate surface area is 190 Å². The van der Waals surface area contributed by atoms with Crippen molar-refractivity contribution in [2.75, 3.05) is 0 Å². The predicted molar refractivity (Wildman–Crippen MR) is 118 cm³/mol. The molecule has 3 fully saturated rings. The molecule has 1 aromatic carbocycles. The molecule has 32 heavy (non-hydrogen) atoms. The van der Waals surface area contributed by atoms with Gasteiger partial charge in [-0.25, -0.2) is 0 Å². The molecule has 0 spiro atoms. The lowest BCUT2D eigenvalue weighted by Crippen LogP contribution is -2.59. The first-order valence-corrected chi connectivity index (χ1v) is 11.8. The highest BCUT2D eigenvalue weighted by atomic mass is 16.7. The van der Waals surface area contributed by atoms with Gasteiger partial charge in [0.1, 0.15) is 6.10 Å². The summed E-state index contributed by atoms with van der Waals surface area (Å²) in [6, 6.07) is 14.2. The fourth-order valence-electron chi connectivity index (χ4n) is 6.08. The summed E-state index contributed by atoms with van der Waals surface area (Å²) in [6.07, 6.45) is 8.65. The van der Waals surface area contributed by atoms with Crippen LogP contribution in [0.1, 0.15) is 81.4 Å². The molecule has 2 bridgehead atoms. The molecule has 1 N–H and O–H groups in total. The van der Waals surface area contributed by atoms with E-state index in [1.54, 1.807) is 0 Å². The number of hydrogen-bond donors (Lipinski definition) is 1. The van der Waals surface area contributed by atoms with Crippen molar-refractivity contribution >= 4 is 5.90 Å². The number of rotatable bonds is 1. The molecule has 3 aliphatic rings. The molecular weight excluding hydrogens is 400 g/mol. The van der Waals surface area contributed by atoms with Gasteiger partial charge in [-0.05, 0) is 30.9 Å². The summed E-state index contributed by atoms with van der Waals surface area (Å²) < 4.78 is 12.8. The number of nitrogens with one attached hydrogen (secondary N) is 1. The molecule has 0 aromatic heterocycles. The highest BCUT2D eigenvalue weighted by molar-refractivity contribution is 5.89. The molecule has 0 amide bonds. The third kappa shape index (κ3) is 3.03. The second-order valence-corrected chi connectivity index (χ2v) is 9.47. The van der Waals surface area contributed by atoms with E-state index in [2.05, 4.69) is 18.2 Å². The largest absolute Gasteiger partial charge is 0.447 e. The van der Waals surface area contributed by atoms with Gasteiger partial charge in [0.05, 0.1) is 24.1 Å². The zero-order valence-electron chi connectivity index (χ0n) is 18.7. The van der Waals surface area contributed by atoms with Crippen molar-refractivity contribution in [1.29, 1.82) is 21.2 Å². The van der Waals surface area contributed by atoms with Crippen molar-refractivity contribution in [3.8, 4) is 18.2 Å². The fraction of sp³-hybridized carbons (Fsp3) is 0.615. The second kappa shape index (κ2) is 8.57. The van der Waals surface area contributed by atoms with Crippen LogP contribution in [0.25, 0.3) is 0 Å². The Kier molecular flexibility index (Phi) is 5.98. The summed E-state index contributed by atoms with van der Waals surface area (Å²) >= 11 is 0. The Morgan fingerprint density at radius 3 is 2.16 bits per heavy atom. The van der Waals surface area contributed by atoms with Crippen LogP contribution in [-0.4, -0.2) is 11.7 Å². The Hall–Kier alpha value is -2.88. The molecule has 4 rings (SSSR count). The fourth-order valence-corrected chi connectivity index (χ4v) is 6.08.